The molecule has 17 heavy (non-hydrogen) atoms. The molecule has 1 aromatic heterocycles. The molecule has 0 atom stereocenters. The molecular weight excluding hydrogens is 367 g/mol. The zero-order chi connectivity index (χ0) is 13.4. The smallest absolute Gasteiger partial charge is 0.387 e. The molecule has 0 aliphatic heterocycles. The lowest BCUT2D eigenvalue weighted by molar-refractivity contribution is -0.276. The summed E-state index contributed by atoms with van der Waals surface area (Å²) in [5, 5.41) is 0. The highest BCUT2D eigenvalue weighted by molar-refractivity contribution is 14.1. The van der Waals surface area contributed by atoms with Crippen LogP contribution in [0.2, 0.25) is 0 Å². The van der Waals surface area contributed by atoms with Crippen molar-refractivity contribution in [3.63, 3.8) is 0 Å². The summed E-state index contributed by atoms with van der Waals surface area (Å²) in [6, 6.07) is 0.928. The molecule has 1 heterocycles. The summed E-state index contributed by atoms with van der Waals surface area (Å²) in [4.78, 5) is 2.85. The predicted octanol–water partition coefficient (Wildman–Crippen LogP) is 3.91. The van der Waals surface area contributed by atoms with E-state index < -0.39 is 24.1 Å². The minimum atomic E-state index is -5.08. The van der Waals surface area contributed by atoms with Crippen LogP contribution in [0.1, 0.15) is 11.3 Å². The van der Waals surface area contributed by atoms with Crippen molar-refractivity contribution in [2.24, 2.45) is 0 Å². The van der Waals surface area contributed by atoms with Crippen molar-refractivity contribution in [2.45, 2.75) is 19.5 Å². The third-order valence-electron chi connectivity index (χ3n) is 1.62. The Labute approximate surface area is 105 Å². The summed E-state index contributed by atoms with van der Waals surface area (Å²) >= 11 is 1.42. The molecule has 0 fully saturated rings. The van der Waals surface area contributed by atoms with Crippen molar-refractivity contribution in [3.05, 3.63) is 20.9 Å². The molecule has 0 saturated carbocycles. The van der Waals surface area contributed by atoms with Crippen molar-refractivity contribution in [3.8, 4) is 5.88 Å². The summed E-state index contributed by atoms with van der Waals surface area (Å²) in [6.45, 7) is 1.11. The Kier molecular flexibility index (Phi) is 3.79. The van der Waals surface area contributed by atoms with Crippen LogP contribution in [-0.4, -0.2) is 11.3 Å². The van der Waals surface area contributed by atoms with Gasteiger partial charge in [0.1, 0.15) is 0 Å². The maximum absolute atomic E-state index is 12.4. The number of halogens is 7. The monoisotopic (exact) mass is 371 g/mol. The number of aryl methyl sites for hydroxylation is 1. The molecule has 0 bridgehead atoms. The van der Waals surface area contributed by atoms with E-state index in [-0.39, 0.29) is 9.13 Å². The Morgan fingerprint density at radius 2 is 1.71 bits per heavy atom. The SMILES string of the molecule is Cc1cc(I)c(OC(F)(F)F)nc1C(F)(F)F. The van der Waals surface area contributed by atoms with Gasteiger partial charge >= 0.3 is 12.5 Å². The van der Waals surface area contributed by atoms with E-state index in [0.717, 1.165) is 13.0 Å². The van der Waals surface area contributed by atoms with E-state index in [1.807, 2.05) is 0 Å². The molecule has 0 aromatic carbocycles. The molecule has 0 aliphatic carbocycles. The molecule has 96 valence electrons. The average molecular weight is 371 g/mol. The second-order valence-electron chi connectivity index (χ2n) is 2.99. The van der Waals surface area contributed by atoms with Gasteiger partial charge < -0.3 is 4.74 Å². The van der Waals surface area contributed by atoms with Crippen LogP contribution in [0.15, 0.2) is 6.07 Å². The number of rotatable bonds is 1. The molecule has 0 saturated heterocycles. The number of alkyl halides is 6. The minimum absolute atomic E-state index is 0.148. The number of ether oxygens (including phenoxy) is 1. The fourth-order valence-corrected chi connectivity index (χ4v) is 1.73. The molecular formula is C8H4F6INO. The van der Waals surface area contributed by atoms with Gasteiger partial charge in [-0.3, -0.25) is 0 Å². The Morgan fingerprint density at radius 3 is 2.12 bits per heavy atom. The van der Waals surface area contributed by atoms with Crippen LogP contribution in [0.3, 0.4) is 0 Å². The number of hydrogen-bond donors (Lipinski definition) is 0. The lowest BCUT2D eigenvalue weighted by Gasteiger charge is -2.14. The summed E-state index contributed by atoms with van der Waals surface area (Å²) in [5.74, 6) is -1.10. The maximum Gasteiger partial charge on any atom is 0.574 e. The number of pyridine rings is 1. The van der Waals surface area contributed by atoms with E-state index in [1.165, 1.54) is 22.6 Å². The highest BCUT2D eigenvalue weighted by atomic mass is 127. The fourth-order valence-electron chi connectivity index (χ4n) is 1.03. The largest absolute Gasteiger partial charge is 0.574 e. The van der Waals surface area contributed by atoms with E-state index in [9.17, 15) is 26.3 Å². The zero-order valence-corrected chi connectivity index (χ0v) is 10.2. The number of nitrogens with zero attached hydrogens (tertiary/aromatic N) is 1. The second-order valence-corrected chi connectivity index (χ2v) is 4.15. The third kappa shape index (κ3) is 3.89. The van der Waals surface area contributed by atoms with Crippen molar-refractivity contribution in [1.29, 1.82) is 0 Å². The highest BCUT2D eigenvalue weighted by Gasteiger charge is 2.38. The van der Waals surface area contributed by atoms with Crippen LogP contribution >= 0.6 is 22.6 Å². The molecule has 0 amide bonds. The van der Waals surface area contributed by atoms with Gasteiger partial charge in [-0.05, 0) is 41.1 Å². The zero-order valence-electron chi connectivity index (χ0n) is 8.08. The van der Waals surface area contributed by atoms with E-state index >= 15 is 0 Å². The van der Waals surface area contributed by atoms with Crippen LogP contribution in [0.4, 0.5) is 26.3 Å². The molecule has 0 aliphatic rings. The van der Waals surface area contributed by atoms with Gasteiger partial charge in [-0.2, -0.15) is 13.2 Å². The van der Waals surface area contributed by atoms with Crippen LogP contribution in [0, 0.1) is 10.5 Å². The van der Waals surface area contributed by atoms with Crippen LogP contribution < -0.4 is 4.74 Å². The van der Waals surface area contributed by atoms with Crippen molar-refractivity contribution >= 4 is 22.6 Å². The standard InChI is InChI=1S/C8H4F6INO/c1-3-2-4(15)6(17-8(12,13)14)16-5(3)7(9,10)11/h2H,1H3. The highest BCUT2D eigenvalue weighted by Crippen LogP contribution is 2.34. The van der Waals surface area contributed by atoms with E-state index in [0.29, 0.717) is 0 Å². The first-order valence-corrected chi connectivity index (χ1v) is 5.08. The lowest BCUT2D eigenvalue weighted by atomic mass is 10.2. The first-order chi connectivity index (χ1) is 7.50. The first kappa shape index (κ1) is 14.3. The molecule has 9 heteroatoms. The number of hydrogen-bond acceptors (Lipinski definition) is 2. The first-order valence-electron chi connectivity index (χ1n) is 4.01. The van der Waals surface area contributed by atoms with Crippen LogP contribution in [0.25, 0.3) is 0 Å². The summed E-state index contributed by atoms with van der Waals surface area (Å²) < 4.78 is 76.1. The predicted molar refractivity (Wildman–Crippen MR) is 53.4 cm³/mol. The average Bonchev–Trinajstić information content (AvgIpc) is 2.05. The van der Waals surface area contributed by atoms with E-state index in [2.05, 4.69) is 9.72 Å². The molecule has 2 nitrogen and oxygen atoms in total. The van der Waals surface area contributed by atoms with Gasteiger partial charge in [0.25, 0.3) is 0 Å². The lowest BCUT2D eigenvalue weighted by Crippen LogP contribution is -2.20. The van der Waals surface area contributed by atoms with E-state index in [1.54, 1.807) is 0 Å². The molecule has 0 N–H and O–H groups in total. The Hall–Kier alpha value is -0.740. The van der Waals surface area contributed by atoms with Crippen LogP contribution in [-0.2, 0) is 6.18 Å². The molecule has 0 radical (unpaired) electrons. The summed E-state index contributed by atoms with van der Waals surface area (Å²) in [5.41, 5.74) is -1.66. The normalized spacial score (nSPS) is 12.7. The minimum Gasteiger partial charge on any atom is -0.387 e. The molecule has 1 rings (SSSR count). The van der Waals surface area contributed by atoms with Crippen molar-refractivity contribution in [1.82, 2.24) is 4.98 Å². The second kappa shape index (κ2) is 4.50. The fraction of sp³-hybridized carbons (Fsp3) is 0.375. The summed E-state index contributed by atoms with van der Waals surface area (Å²) in [6.07, 6.45) is -9.90. The Balaban J connectivity index is 3.25. The van der Waals surface area contributed by atoms with Gasteiger partial charge in [0.2, 0.25) is 5.88 Å². The topological polar surface area (TPSA) is 22.1 Å². The quantitative estimate of drug-likeness (QED) is 0.552. The van der Waals surface area contributed by atoms with Crippen molar-refractivity contribution < 1.29 is 31.1 Å². The van der Waals surface area contributed by atoms with Gasteiger partial charge in [0, 0.05) is 0 Å². The summed E-state index contributed by atoms with van der Waals surface area (Å²) in [7, 11) is 0. The van der Waals surface area contributed by atoms with E-state index in [4.69, 9.17) is 0 Å². The van der Waals surface area contributed by atoms with Gasteiger partial charge in [-0.15, -0.1) is 13.2 Å². The molecule has 0 unspecified atom stereocenters. The Bertz CT molecular complexity index is 427. The van der Waals surface area contributed by atoms with Gasteiger partial charge in [0.05, 0.1) is 3.57 Å². The third-order valence-corrected chi connectivity index (χ3v) is 2.39. The molecule has 1 aromatic rings. The number of aromatic nitrogens is 1. The maximum atomic E-state index is 12.4. The van der Waals surface area contributed by atoms with Gasteiger partial charge in [0.15, 0.2) is 5.69 Å². The van der Waals surface area contributed by atoms with Crippen molar-refractivity contribution in [2.75, 3.05) is 0 Å². The van der Waals surface area contributed by atoms with Gasteiger partial charge in [-0.25, -0.2) is 4.98 Å². The molecule has 0 spiro atoms. The van der Waals surface area contributed by atoms with Gasteiger partial charge in [-0.1, -0.05) is 0 Å². The van der Waals surface area contributed by atoms with Crippen LogP contribution in [0.5, 0.6) is 5.88 Å². The Morgan fingerprint density at radius 1 is 1.18 bits per heavy atom.